The van der Waals surface area contributed by atoms with Crippen LogP contribution in [-0.2, 0) is 47.6 Å². The van der Waals surface area contributed by atoms with Crippen LogP contribution in [-0.4, -0.2) is 179 Å². The van der Waals surface area contributed by atoms with E-state index < -0.39 is 61.4 Å². The van der Waals surface area contributed by atoms with E-state index in [1.807, 2.05) is 6.92 Å². The largest absolute Gasteiger partial charge is 0.388 e. The minimum absolute atomic E-state index is 0.0110. The number of hydrogen-bond donors (Lipinski definition) is 6. The molecule has 17 heteroatoms. The number of rotatable bonds is 28. The van der Waals surface area contributed by atoms with Gasteiger partial charge in [-0.1, -0.05) is 6.92 Å². The van der Waals surface area contributed by atoms with Crippen molar-refractivity contribution in [2.75, 3.05) is 59.3 Å². The molecular formula is C35H61NO16. The van der Waals surface area contributed by atoms with Gasteiger partial charge in [-0.05, 0) is 39.5 Å². The predicted octanol–water partition coefficient (Wildman–Crippen LogP) is -1.18. The van der Waals surface area contributed by atoms with Gasteiger partial charge < -0.3 is 59.1 Å². The Hall–Kier alpha value is -1.84. The Morgan fingerprint density at radius 3 is 1.33 bits per heavy atom. The quantitative estimate of drug-likeness (QED) is 0.0515. The number of Topliss-reactive ketones (excluding diaryl/α,β-unsaturated/α-hetero) is 4. The highest BCUT2D eigenvalue weighted by atomic mass is 16.7. The SMILES string of the molecule is CCCC(=O)CCOCCOCCCC(=O)CN(CC(=O)CCCO[C@@H]1O[C@@H](C)[C@@H](O)[C@@H](O)[C@@H]1O)CC(=O)CCCO[C@@H]1O[C@@H](C)[C@@H](O)[C@@H](O)[C@@H]1O. The Morgan fingerprint density at radius 2 is 0.904 bits per heavy atom. The highest BCUT2D eigenvalue weighted by Crippen LogP contribution is 2.23. The van der Waals surface area contributed by atoms with Gasteiger partial charge in [-0.2, -0.15) is 0 Å². The van der Waals surface area contributed by atoms with E-state index in [0.717, 1.165) is 6.42 Å². The van der Waals surface area contributed by atoms with Crippen molar-refractivity contribution in [3.05, 3.63) is 0 Å². The number of ketones is 4. The van der Waals surface area contributed by atoms with Crippen LogP contribution in [0.2, 0.25) is 0 Å². The van der Waals surface area contributed by atoms with Crippen molar-refractivity contribution in [1.29, 1.82) is 0 Å². The molecule has 0 aromatic rings. The van der Waals surface area contributed by atoms with Crippen LogP contribution in [0, 0.1) is 0 Å². The number of aliphatic hydroxyl groups excluding tert-OH is 6. The lowest BCUT2D eigenvalue weighted by atomic mass is 10.00. The third-order valence-corrected chi connectivity index (χ3v) is 8.75. The van der Waals surface area contributed by atoms with Crippen molar-refractivity contribution < 1.29 is 78.2 Å². The number of nitrogens with zero attached hydrogens (tertiary/aromatic N) is 1. The lowest BCUT2D eigenvalue weighted by Crippen LogP contribution is -2.57. The van der Waals surface area contributed by atoms with Gasteiger partial charge in [0.1, 0.15) is 59.8 Å². The van der Waals surface area contributed by atoms with Crippen molar-refractivity contribution in [3.63, 3.8) is 0 Å². The first kappa shape index (κ1) is 46.3. The number of hydrogen-bond acceptors (Lipinski definition) is 17. The fourth-order valence-corrected chi connectivity index (χ4v) is 5.68. The second kappa shape index (κ2) is 25.3. The second-order valence-corrected chi connectivity index (χ2v) is 13.4. The van der Waals surface area contributed by atoms with Crippen molar-refractivity contribution in [2.24, 2.45) is 0 Å². The van der Waals surface area contributed by atoms with Crippen LogP contribution < -0.4 is 0 Å². The zero-order valence-corrected chi connectivity index (χ0v) is 30.7. The fourth-order valence-electron chi connectivity index (χ4n) is 5.68. The topological polar surface area (TPSA) is 248 Å². The molecule has 2 aliphatic rings. The van der Waals surface area contributed by atoms with E-state index in [1.54, 1.807) is 0 Å². The summed E-state index contributed by atoms with van der Waals surface area (Å²) in [6.07, 6.45) is -9.36. The standard InChI is InChI=1S/C35H61NO16/c1-4-8-24(37)12-16-48-18-17-47-13-5-9-25(38)19-36(20-26(39)10-6-14-49-34-32(45)30(43)28(41)22(2)51-34)21-27(40)11-7-15-50-35-33(46)31(44)29(42)23(3)52-35/h22-23,28-35,41-46H,4-21H2,1-3H3/t22-,23-,28+,29+,30+,31+,32-,33-,34+,35+/m0/s1. The molecule has 6 N–H and O–H groups in total. The summed E-state index contributed by atoms with van der Waals surface area (Å²) >= 11 is 0. The summed E-state index contributed by atoms with van der Waals surface area (Å²) in [6.45, 7) is 5.84. The van der Waals surface area contributed by atoms with Gasteiger partial charge in [-0.15, -0.1) is 0 Å². The number of carbonyl (C=O) groups excluding carboxylic acids is 4. The summed E-state index contributed by atoms with van der Waals surface area (Å²) in [5.74, 6) is -0.521. The minimum Gasteiger partial charge on any atom is -0.388 e. The van der Waals surface area contributed by atoms with Gasteiger partial charge in [0.05, 0.1) is 64.9 Å². The molecule has 10 atom stereocenters. The number of ether oxygens (including phenoxy) is 6. The molecule has 0 unspecified atom stereocenters. The Balaban J connectivity index is 1.78. The summed E-state index contributed by atoms with van der Waals surface area (Å²) in [4.78, 5) is 51.6. The monoisotopic (exact) mass is 751 g/mol. The molecule has 0 aliphatic carbocycles. The third kappa shape index (κ3) is 17.1. The van der Waals surface area contributed by atoms with E-state index in [4.69, 9.17) is 28.4 Å². The molecule has 52 heavy (non-hydrogen) atoms. The van der Waals surface area contributed by atoms with Crippen LogP contribution in [0.15, 0.2) is 0 Å². The van der Waals surface area contributed by atoms with Crippen molar-refractivity contribution in [3.8, 4) is 0 Å². The molecule has 0 saturated carbocycles. The molecule has 0 radical (unpaired) electrons. The Bertz CT molecular complexity index is 1010. The first-order valence-corrected chi connectivity index (χ1v) is 18.3. The maximum absolute atomic E-state index is 12.9. The highest BCUT2D eigenvalue weighted by Gasteiger charge is 2.43. The van der Waals surface area contributed by atoms with E-state index in [-0.39, 0.29) is 88.1 Å². The molecule has 2 aliphatic heterocycles. The Morgan fingerprint density at radius 1 is 0.500 bits per heavy atom. The van der Waals surface area contributed by atoms with E-state index >= 15 is 0 Å². The second-order valence-electron chi connectivity index (χ2n) is 13.4. The summed E-state index contributed by atoms with van der Waals surface area (Å²) in [7, 11) is 0. The molecule has 0 spiro atoms. The fraction of sp³-hybridized carbons (Fsp3) is 0.886. The molecule has 302 valence electrons. The summed E-state index contributed by atoms with van der Waals surface area (Å²) in [6, 6.07) is 0. The first-order valence-electron chi connectivity index (χ1n) is 18.3. The smallest absolute Gasteiger partial charge is 0.186 e. The molecular weight excluding hydrogens is 690 g/mol. The van der Waals surface area contributed by atoms with E-state index in [2.05, 4.69) is 0 Å². The predicted molar refractivity (Wildman–Crippen MR) is 182 cm³/mol. The van der Waals surface area contributed by atoms with Gasteiger partial charge in [-0.25, -0.2) is 0 Å². The maximum atomic E-state index is 12.9. The lowest BCUT2D eigenvalue weighted by Gasteiger charge is -2.38. The first-order chi connectivity index (χ1) is 24.7. The average molecular weight is 752 g/mol. The molecule has 0 bridgehead atoms. The van der Waals surface area contributed by atoms with Gasteiger partial charge in [0.15, 0.2) is 12.6 Å². The van der Waals surface area contributed by atoms with Gasteiger partial charge in [-0.3, -0.25) is 24.1 Å². The molecule has 0 aromatic heterocycles. The molecule has 2 fully saturated rings. The van der Waals surface area contributed by atoms with Crippen molar-refractivity contribution >= 4 is 23.1 Å². The Labute approximate surface area is 305 Å². The van der Waals surface area contributed by atoms with Crippen molar-refractivity contribution in [2.45, 2.75) is 140 Å². The van der Waals surface area contributed by atoms with Crippen molar-refractivity contribution in [1.82, 2.24) is 4.90 Å². The molecule has 0 amide bonds. The molecule has 17 nitrogen and oxygen atoms in total. The van der Waals surface area contributed by atoms with Gasteiger partial charge >= 0.3 is 0 Å². The van der Waals surface area contributed by atoms with Crippen LogP contribution >= 0.6 is 0 Å². The number of aliphatic hydroxyl groups is 6. The Kier molecular flexibility index (Phi) is 22.5. The van der Waals surface area contributed by atoms with Gasteiger partial charge in [0, 0.05) is 38.7 Å². The average Bonchev–Trinajstić information content (AvgIpc) is 3.10. The lowest BCUT2D eigenvalue weighted by molar-refractivity contribution is -0.293. The van der Waals surface area contributed by atoms with E-state index in [9.17, 15) is 49.8 Å². The van der Waals surface area contributed by atoms with Crippen LogP contribution in [0.25, 0.3) is 0 Å². The van der Waals surface area contributed by atoms with Crippen LogP contribution in [0.4, 0.5) is 0 Å². The number of carbonyl (C=O) groups is 4. The zero-order valence-electron chi connectivity index (χ0n) is 30.7. The van der Waals surface area contributed by atoms with Gasteiger partial charge in [0.25, 0.3) is 0 Å². The van der Waals surface area contributed by atoms with Crippen LogP contribution in [0.3, 0.4) is 0 Å². The molecule has 2 rings (SSSR count). The third-order valence-electron chi connectivity index (χ3n) is 8.75. The van der Waals surface area contributed by atoms with E-state index in [1.165, 1.54) is 18.7 Å². The summed E-state index contributed by atoms with van der Waals surface area (Å²) < 4.78 is 32.7. The molecule has 0 aromatic carbocycles. The summed E-state index contributed by atoms with van der Waals surface area (Å²) in [5.41, 5.74) is 0. The highest BCUT2D eigenvalue weighted by molar-refractivity contribution is 5.86. The molecule has 2 heterocycles. The van der Waals surface area contributed by atoms with Crippen LogP contribution in [0.5, 0.6) is 0 Å². The normalized spacial score (nSPS) is 29.3. The van der Waals surface area contributed by atoms with Gasteiger partial charge in [0.2, 0.25) is 0 Å². The van der Waals surface area contributed by atoms with E-state index in [0.29, 0.717) is 45.7 Å². The minimum atomic E-state index is -1.46. The van der Waals surface area contributed by atoms with Crippen LogP contribution in [0.1, 0.15) is 78.6 Å². The molecule has 2 saturated heterocycles. The summed E-state index contributed by atoms with van der Waals surface area (Å²) in [5, 5.41) is 59.8. The zero-order chi connectivity index (χ0) is 38.6. The maximum Gasteiger partial charge on any atom is 0.186 e.